The van der Waals surface area contributed by atoms with Crippen LogP contribution in [0.25, 0.3) is 22.1 Å². The minimum absolute atomic E-state index is 0.0303. The summed E-state index contributed by atoms with van der Waals surface area (Å²) < 4.78 is 17.8. The van der Waals surface area contributed by atoms with Crippen molar-refractivity contribution in [3.63, 3.8) is 0 Å². The third-order valence-electron chi connectivity index (χ3n) is 10.1. The standard InChI is InChI=1S/C26H25ClN4O4.C19H20BrClN2O3.C7H5ClN2/c1-15(2)34-23-12-9-17(14-19(23)27)25(33)29-22(24(28)32)13-16-7-10-18(11-8-16)35-26-30-20-5-3-4-6-21(20)31-26;1-11(2)26-17-8-5-13(10-15(17)21)19(25)23-16(18(22)24)9-12-3-6-14(20)7-4-12;8-7-9-5-3-1-2-4-6(5)10-7/h3-12,14-15,22H,13H2,1-2H3,(H2,28,32)(H,29,33)(H,30,31);3-8,10-11,16H,9H2,1-2H3,(H2,22,24)(H,23,25);1-4H,(H,9,10)/t22-;16-;/m00./s1. The molecule has 8 rings (SSSR count). The molecule has 71 heavy (non-hydrogen) atoms. The van der Waals surface area contributed by atoms with E-state index in [1.165, 1.54) is 12.1 Å². The van der Waals surface area contributed by atoms with Crippen LogP contribution in [0.5, 0.6) is 23.3 Å². The first-order chi connectivity index (χ1) is 33.9. The van der Waals surface area contributed by atoms with Gasteiger partial charge >= 0.3 is 0 Å². The number of H-pyrrole nitrogens is 2. The Hall–Kier alpha value is -7.11. The highest BCUT2D eigenvalue weighted by atomic mass is 79.9. The number of ether oxygens (including phenoxy) is 3. The van der Waals surface area contributed by atoms with E-state index in [9.17, 15) is 19.2 Å². The molecule has 0 unspecified atom stereocenters. The van der Waals surface area contributed by atoms with Gasteiger partial charge in [0.15, 0.2) is 0 Å². The molecule has 2 aromatic heterocycles. The van der Waals surface area contributed by atoms with Gasteiger partial charge in [0, 0.05) is 28.4 Å². The van der Waals surface area contributed by atoms with Crippen LogP contribution in [0.3, 0.4) is 0 Å². The highest BCUT2D eigenvalue weighted by Gasteiger charge is 2.22. The van der Waals surface area contributed by atoms with E-state index in [4.69, 9.17) is 60.5 Å². The topological polar surface area (TPSA) is 229 Å². The van der Waals surface area contributed by atoms with Gasteiger partial charge in [-0.1, -0.05) is 87.7 Å². The van der Waals surface area contributed by atoms with E-state index < -0.39 is 35.7 Å². The number of hydrogen-bond acceptors (Lipinski definition) is 9. The molecule has 0 bridgehead atoms. The largest absolute Gasteiger partial charge is 0.489 e. The highest BCUT2D eigenvalue weighted by Crippen LogP contribution is 2.28. The van der Waals surface area contributed by atoms with Gasteiger partial charge in [-0.15, -0.1) is 0 Å². The van der Waals surface area contributed by atoms with Gasteiger partial charge in [0.2, 0.25) is 17.1 Å². The molecular weight excluding hydrogens is 1030 g/mol. The second-order valence-electron chi connectivity index (χ2n) is 16.4. The molecule has 0 spiro atoms. The average molecular weight is 1090 g/mol. The molecule has 8 N–H and O–H groups in total. The molecule has 4 amide bonds. The van der Waals surface area contributed by atoms with Crippen molar-refractivity contribution in [1.82, 2.24) is 30.6 Å². The summed E-state index contributed by atoms with van der Waals surface area (Å²) in [5, 5.41) is 6.42. The molecule has 2 heterocycles. The summed E-state index contributed by atoms with van der Waals surface area (Å²) in [5.74, 6) is -0.584. The predicted octanol–water partition coefficient (Wildman–Crippen LogP) is 10.6. The zero-order chi connectivity index (χ0) is 51.2. The van der Waals surface area contributed by atoms with Gasteiger partial charge in [-0.3, -0.25) is 19.2 Å². The van der Waals surface area contributed by atoms with Crippen molar-refractivity contribution in [2.75, 3.05) is 0 Å². The number of benzene rings is 6. The molecule has 368 valence electrons. The smallest absolute Gasteiger partial charge is 0.300 e. The zero-order valence-corrected chi connectivity index (χ0v) is 42.7. The lowest BCUT2D eigenvalue weighted by molar-refractivity contribution is -0.120. The lowest BCUT2D eigenvalue weighted by Gasteiger charge is -2.17. The van der Waals surface area contributed by atoms with Gasteiger partial charge in [-0.25, -0.2) is 4.98 Å². The highest BCUT2D eigenvalue weighted by molar-refractivity contribution is 9.10. The zero-order valence-electron chi connectivity index (χ0n) is 38.8. The fourth-order valence-corrected chi connectivity index (χ4v) is 7.62. The lowest BCUT2D eigenvalue weighted by atomic mass is 10.0. The maximum absolute atomic E-state index is 12.7. The predicted molar refractivity (Wildman–Crippen MR) is 281 cm³/mol. The number of rotatable bonds is 16. The SMILES string of the molecule is CC(C)Oc1ccc(C(=O)N[C@@H](Cc2ccc(Br)cc2)C(N)=O)cc1Cl.CC(C)Oc1ccc(C(=O)N[C@@H](Cc2ccc(Oc3nc4ccccc4[nH]3)cc2)C(N)=O)cc1Cl.Clc1nc2ccccc2[nH]1. The van der Waals surface area contributed by atoms with Crippen molar-refractivity contribution in [2.24, 2.45) is 11.5 Å². The molecule has 19 heteroatoms. The van der Waals surface area contributed by atoms with E-state index in [-0.39, 0.29) is 18.6 Å². The number of nitrogens with zero attached hydrogens (tertiary/aromatic N) is 2. The van der Waals surface area contributed by atoms with E-state index in [1.54, 1.807) is 48.5 Å². The minimum Gasteiger partial charge on any atom is -0.489 e. The fourth-order valence-electron chi connectivity index (χ4n) is 6.71. The number of carbonyl (C=O) groups is 4. The summed E-state index contributed by atoms with van der Waals surface area (Å²) in [6.45, 7) is 7.53. The Labute approximate surface area is 433 Å². The number of hydrogen-bond donors (Lipinski definition) is 6. The summed E-state index contributed by atoms with van der Waals surface area (Å²) in [6.07, 6.45) is 0.435. The number of aromatic nitrogens is 4. The minimum atomic E-state index is -0.907. The lowest BCUT2D eigenvalue weighted by Crippen LogP contribution is -2.45. The third kappa shape index (κ3) is 16.0. The van der Waals surface area contributed by atoms with E-state index >= 15 is 0 Å². The Balaban J connectivity index is 0.000000199. The van der Waals surface area contributed by atoms with Crippen molar-refractivity contribution < 1.29 is 33.4 Å². The fraction of sp³-hybridized carbons (Fsp3) is 0.192. The van der Waals surface area contributed by atoms with E-state index in [1.807, 2.05) is 100 Å². The Morgan fingerprint density at radius 3 is 1.45 bits per heavy atom. The van der Waals surface area contributed by atoms with E-state index in [0.717, 1.165) is 37.7 Å². The molecule has 8 aromatic rings. The van der Waals surface area contributed by atoms with Crippen LogP contribution in [0.15, 0.2) is 138 Å². The Kier molecular flexibility index (Phi) is 18.9. The van der Waals surface area contributed by atoms with Crippen LogP contribution in [0, 0.1) is 0 Å². The van der Waals surface area contributed by atoms with Crippen LogP contribution >= 0.6 is 50.7 Å². The van der Waals surface area contributed by atoms with Crippen LogP contribution in [0.4, 0.5) is 0 Å². The molecule has 6 aromatic carbocycles. The summed E-state index contributed by atoms with van der Waals surface area (Å²) in [6, 6.07) is 38.0. The van der Waals surface area contributed by atoms with Gasteiger partial charge in [0.25, 0.3) is 17.8 Å². The van der Waals surface area contributed by atoms with Crippen molar-refractivity contribution >= 4 is 96.4 Å². The number of imidazole rings is 2. The number of halogens is 4. The average Bonchev–Trinajstić information content (AvgIpc) is 3.93. The normalized spacial score (nSPS) is 11.7. The van der Waals surface area contributed by atoms with E-state index in [2.05, 4.69) is 46.5 Å². The number of nitrogens with two attached hydrogens (primary N) is 2. The summed E-state index contributed by atoms with van der Waals surface area (Å²) in [5.41, 5.74) is 16.9. The molecule has 0 aliphatic carbocycles. The Morgan fingerprint density at radius 1 is 0.592 bits per heavy atom. The van der Waals surface area contributed by atoms with Crippen LogP contribution in [-0.4, -0.2) is 67.9 Å². The number of carbonyl (C=O) groups excluding carboxylic acids is 4. The van der Waals surface area contributed by atoms with Crippen LogP contribution in [0.1, 0.15) is 59.5 Å². The molecule has 0 aliphatic rings. The third-order valence-corrected chi connectivity index (χ3v) is 11.4. The van der Waals surface area contributed by atoms with Gasteiger partial charge in [-0.05, 0) is 135 Å². The molecular formula is C52H50BrCl3N8O7. The molecule has 15 nitrogen and oxygen atoms in total. The molecule has 0 saturated carbocycles. The van der Waals surface area contributed by atoms with Crippen molar-refractivity contribution in [2.45, 2.75) is 64.8 Å². The first-order valence-corrected chi connectivity index (χ1v) is 24.0. The summed E-state index contributed by atoms with van der Waals surface area (Å²) >= 11 is 21.4. The molecule has 0 aliphatic heterocycles. The van der Waals surface area contributed by atoms with Crippen LogP contribution in [-0.2, 0) is 22.4 Å². The Bertz CT molecular complexity index is 3050. The maximum atomic E-state index is 12.7. The monoisotopic (exact) mass is 1080 g/mol. The Morgan fingerprint density at radius 2 is 1.03 bits per heavy atom. The summed E-state index contributed by atoms with van der Waals surface area (Å²) in [4.78, 5) is 63.4. The van der Waals surface area contributed by atoms with Crippen molar-refractivity contribution in [3.8, 4) is 23.3 Å². The van der Waals surface area contributed by atoms with Gasteiger partial charge in [0.05, 0.1) is 44.3 Å². The number of amides is 4. The van der Waals surface area contributed by atoms with E-state index in [0.29, 0.717) is 56.1 Å². The van der Waals surface area contributed by atoms with Gasteiger partial charge < -0.3 is 46.3 Å². The quantitative estimate of drug-likeness (QED) is 0.0540. The summed E-state index contributed by atoms with van der Waals surface area (Å²) in [7, 11) is 0. The first-order valence-electron chi connectivity index (χ1n) is 22.1. The molecule has 0 fully saturated rings. The number of aromatic amines is 2. The molecule has 0 saturated heterocycles. The van der Waals surface area contributed by atoms with Crippen LogP contribution in [0.2, 0.25) is 15.3 Å². The maximum Gasteiger partial charge on any atom is 0.300 e. The second-order valence-corrected chi connectivity index (χ2v) is 18.5. The number of para-hydroxylation sites is 4. The van der Waals surface area contributed by atoms with Crippen molar-refractivity contribution in [3.05, 3.63) is 176 Å². The van der Waals surface area contributed by atoms with Crippen molar-refractivity contribution in [1.29, 1.82) is 0 Å². The number of nitrogens with one attached hydrogen (secondary N) is 4. The van der Waals surface area contributed by atoms with Crippen LogP contribution < -0.4 is 36.3 Å². The van der Waals surface area contributed by atoms with Gasteiger partial charge in [-0.2, -0.15) is 4.98 Å². The molecule has 0 radical (unpaired) electrons. The number of primary amides is 2. The first kappa shape index (κ1) is 53.2. The second kappa shape index (κ2) is 25.1. The van der Waals surface area contributed by atoms with Gasteiger partial charge in [0.1, 0.15) is 29.3 Å². The number of fused-ring (bicyclic) bond motifs is 2. The molecule has 2 atom stereocenters.